The van der Waals surface area contributed by atoms with Gasteiger partial charge in [-0.05, 0) is 42.6 Å². The largest absolute Gasteiger partial charge is 0.492 e. The van der Waals surface area contributed by atoms with Gasteiger partial charge in [-0.2, -0.15) is 0 Å². The number of rotatable bonds is 9. The van der Waals surface area contributed by atoms with Gasteiger partial charge < -0.3 is 10.1 Å². The number of ether oxygens (including phenoxy) is 1. The van der Waals surface area contributed by atoms with Crippen molar-refractivity contribution < 1.29 is 9.53 Å². The van der Waals surface area contributed by atoms with Gasteiger partial charge in [0, 0.05) is 11.4 Å². The van der Waals surface area contributed by atoms with Crippen molar-refractivity contribution in [1.29, 1.82) is 0 Å². The van der Waals surface area contributed by atoms with Crippen LogP contribution in [0, 0.1) is 6.92 Å². The van der Waals surface area contributed by atoms with Crippen LogP contribution in [0.2, 0.25) is 0 Å². The molecule has 5 heteroatoms. The van der Waals surface area contributed by atoms with E-state index in [2.05, 4.69) is 17.1 Å². The van der Waals surface area contributed by atoms with E-state index in [1.165, 1.54) is 10.4 Å². The number of benzene rings is 1. The first-order valence-corrected chi connectivity index (χ1v) is 8.76. The molecule has 1 amide bonds. The number of thiophene rings is 1. The summed E-state index contributed by atoms with van der Waals surface area (Å²) in [6.07, 6.45) is 0. The Hall–Kier alpha value is -1.85. The fourth-order valence-corrected chi connectivity index (χ4v) is 2.85. The predicted octanol–water partition coefficient (Wildman–Crippen LogP) is 3.07. The van der Waals surface area contributed by atoms with Gasteiger partial charge in [0.2, 0.25) is 5.91 Å². The van der Waals surface area contributed by atoms with Crippen molar-refractivity contribution in [2.45, 2.75) is 20.4 Å². The maximum atomic E-state index is 12.0. The summed E-state index contributed by atoms with van der Waals surface area (Å²) in [7, 11) is 0. The second-order valence-electron chi connectivity index (χ2n) is 5.39. The Morgan fingerprint density at radius 3 is 2.87 bits per heavy atom. The summed E-state index contributed by atoms with van der Waals surface area (Å²) in [5.74, 6) is 0.930. The highest BCUT2D eigenvalue weighted by atomic mass is 32.1. The molecule has 0 atom stereocenters. The predicted molar refractivity (Wildman–Crippen MR) is 95.0 cm³/mol. The van der Waals surface area contributed by atoms with E-state index in [9.17, 15) is 4.79 Å². The molecule has 1 heterocycles. The summed E-state index contributed by atoms with van der Waals surface area (Å²) in [6.45, 7) is 7.24. The third-order valence-electron chi connectivity index (χ3n) is 3.52. The van der Waals surface area contributed by atoms with Crippen molar-refractivity contribution >= 4 is 17.2 Å². The zero-order valence-corrected chi connectivity index (χ0v) is 14.6. The van der Waals surface area contributed by atoms with Crippen LogP contribution < -0.4 is 10.1 Å². The molecule has 0 bridgehead atoms. The average Bonchev–Trinajstić information content (AvgIpc) is 3.05. The van der Waals surface area contributed by atoms with E-state index in [0.29, 0.717) is 19.7 Å². The van der Waals surface area contributed by atoms with Gasteiger partial charge in [-0.3, -0.25) is 9.69 Å². The Labute approximate surface area is 142 Å². The van der Waals surface area contributed by atoms with Crippen molar-refractivity contribution in [3.05, 3.63) is 52.2 Å². The topological polar surface area (TPSA) is 41.6 Å². The van der Waals surface area contributed by atoms with Crippen LogP contribution in [-0.4, -0.2) is 37.0 Å². The Morgan fingerprint density at radius 1 is 1.30 bits per heavy atom. The van der Waals surface area contributed by atoms with E-state index in [1.54, 1.807) is 11.3 Å². The Bertz CT molecular complexity index is 599. The SMILES string of the molecule is CCN(CCOc1cccc(C)c1)CC(=O)NCc1cccs1. The van der Waals surface area contributed by atoms with Crippen LogP contribution in [0.4, 0.5) is 0 Å². The van der Waals surface area contributed by atoms with Crippen LogP contribution in [-0.2, 0) is 11.3 Å². The lowest BCUT2D eigenvalue weighted by Crippen LogP contribution is -2.38. The Balaban J connectivity index is 1.68. The molecular formula is C18H24N2O2S. The number of nitrogens with one attached hydrogen (secondary N) is 1. The molecule has 0 aliphatic carbocycles. The molecule has 0 saturated heterocycles. The van der Waals surface area contributed by atoms with E-state index in [1.807, 2.05) is 48.7 Å². The van der Waals surface area contributed by atoms with E-state index in [0.717, 1.165) is 18.8 Å². The smallest absolute Gasteiger partial charge is 0.234 e. The zero-order chi connectivity index (χ0) is 16.5. The summed E-state index contributed by atoms with van der Waals surface area (Å²) in [6, 6.07) is 12.0. The minimum absolute atomic E-state index is 0.0517. The van der Waals surface area contributed by atoms with Crippen molar-refractivity contribution in [3.8, 4) is 5.75 Å². The summed E-state index contributed by atoms with van der Waals surface area (Å²) in [5.41, 5.74) is 1.18. The first kappa shape index (κ1) is 17.5. The molecule has 2 aromatic rings. The van der Waals surface area contributed by atoms with Crippen LogP contribution >= 0.6 is 11.3 Å². The molecule has 0 unspecified atom stereocenters. The molecular weight excluding hydrogens is 308 g/mol. The summed E-state index contributed by atoms with van der Waals surface area (Å²) in [4.78, 5) is 15.2. The summed E-state index contributed by atoms with van der Waals surface area (Å²) < 4.78 is 5.75. The van der Waals surface area contributed by atoms with Crippen molar-refractivity contribution in [3.63, 3.8) is 0 Å². The third kappa shape index (κ3) is 6.42. The summed E-state index contributed by atoms with van der Waals surface area (Å²) in [5, 5.41) is 4.97. The molecule has 0 spiro atoms. The van der Waals surface area contributed by atoms with Gasteiger partial charge in [0.1, 0.15) is 12.4 Å². The van der Waals surface area contributed by atoms with Crippen LogP contribution in [0.1, 0.15) is 17.4 Å². The molecule has 0 fully saturated rings. The lowest BCUT2D eigenvalue weighted by Gasteiger charge is -2.20. The molecule has 0 aliphatic rings. The molecule has 0 radical (unpaired) electrons. The second-order valence-corrected chi connectivity index (χ2v) is 6.42. The lowest BCUT2D eigenvalue weighted by molar-refractivity contribution is -0.122. The number of aryl methyl sites for hydroxylation is 1. The first-order valence-electron chi connectivity index (χ1n) is 7.88. The van der Waals surface area contributed by atoms with Gasteiger partial charge in [-0.25, -0.2) is 0 Å². The monoisotopic (exact) mass is 332 g/mol. The molecule has 2 rings (SSSR count). The highest BCUT2D eigenvalue weighted by Crippen LogP contribution is 2.12. The molecule has 23 heavy (non-hydrogen) atoms. The van der Waals surface area contributed by atoms with Crippen LogP contribution in [0.5, 0.6) is 5.75 Å². The van der Waals surface area contributed by atoms with Crippen molar-refractivity contribution in [2.75, 3.05) is 26.2 Å². The van der Waals surface area contributed by atoms with E-state index < -0.39 is 0 Å². The molecule has 1 N–H and O–H groups in total. The van der Waals surface area contributed by atoms with Crippen LogP contribution in [0.15, 0.2) is 41.8 Å². The maximum absolute atomic E-state index is 12.0. The van der Waals surface area contributed by atoms with E-state index in [4.69, 9.17) is 4.74 Å². The number of hydrogen-bond acceptors (Lipinski definition) is 4. The number of carbonyl (C=O) groups is 1. The van der Waals surface area contributed by atoms with Gasteiger partial charge >= 0.3 is 0 Å². The minimum atomic E-state index is 0.0517. The maximum Gasteiger partial charge on any atom is 0.234 e. The third-order valence-corrected chi connectivity index (χ3v) is 4.40. The van der Waals surface area contributed by atoms with Gasteiger partial charge in [-0.15, -0.1) is 11.3 Å². The van der Waals surface area contributed by atoms with Crippen molar-refractivity contribution in [1.82, 2.24) is 10.2 Å². The zero-order valence-electron chi connectivity index (χ0n) is 13.7. The first-order chi connectivity index (χ1) is 11.2. The summed E-state index contributed by atoms with van der Waals surface area (Å²) >= 11 is 1.65. The van der Waals surface area contributed by atoms with Gasteiger partial charge in [0.05, 0.1) is 13.1 Å². The van der Waals surface area contributed by atoms with Crippen LogP contribution in [0.3, 0.4) is 0 Å². The average molecular weight is 332 g/mol. The van der Waals surface area contributed by atoms with Crippen molar-refractivity contribution in [2.24, 2.45) is 0 Å². The standard InChI is InChI=1S/C18H24N2O2S/c1-3-20(9-10-22-16-7-4-6-15(2)12-16)14-18(21)19-13-17-8-5-11-23-17/h4-8,11-12H,3,9-10,13-14H2,1-2H3,(H,19,21). The quantitative estimate of drug-likeness (QED) is 0.767. The molecule has 0 saturated carbocycles. The Morgan fingerprint density at radius 2 is 2.17 bits per heavy atom. The molecule has 0 aliphatic heterocycles. The number of nitrogens with zero attached hydrogens (tertiary/aromatic N) is 1. The molecule has 124 valence electrons. The van der Waals surface area contributed by atoms with Gasteiger partial charge in [0.25, 0.3) is 0 Å². The highest BCUT2D eigenvalue weighted by molar-refractivity contribution is 7.09. The second kappa shape index (κ2) is 9.33. The molecule has 1 aromatic carbocycles. The number of likely N-dealkylation sites (N-methyl/N-ethyl adjacent to an activating group) is 1. The van der Waals surface area contributed by atoms with E-state index in [-0.39, 0.29) is 5.91 Å². The highest BCUT2D eigenvalue weighted by Gasteiger charge is 2.09. The van der Waals surface area contributed by atoms with Gasteiger partial charge in [0.15, 0.2) is 0 Å². The lowest BCUT2D eigenvalue weighted by atomic mass is 10.2. The normalized spacial score (nSPS) is 10.7. The fourth-order valence-electron chi connectivity index (χ4n) is 2.20. The molecule has 4 nitrogen and oxygen atoms in total. The van der Waals surface area contributed by atoms with Crippen LogP contribution in [0.25, 0.3) is 0 Å². The fraction of sp³-hybridized carbons (Fsp3) is 0.389. The molecule has 1 aromatic heterocycles. The number of carbonyl (C=O) groups excluding carboxylic acids is 1. The van der Waals surface area contributed by atoms with E-state index >= 15 is 0 Å². The van der Waals surface area contributed by atoms with Gasteiger partial charge in [-0.1, -0.05) is 25.1 Å². The Kier molecular flexibility index (Phi) is 7.10. The number of amides is 1. The number of hydrogen-bond donors (Lipinski definition) is 1. The minimum Gasteiger partial charge on any atom is -0.492 e.